The molecule has 0 aliphatic rings. The molecular formula is C25H22F2N4OS. The van der Waals surface area contributed by atoms with Gasteiger partial charge in [-0.3, -0.25) is 4.90 Å². The fourth-order valence-electron chi connectivity index (χ4n) is 3.66. The second kappa shape index (κ2) is 10.0. The molecule has 1 unspecified atom stereocenters. The molecule has 4 aromatic rings. The highest BCUT2D eigenvalue weighted by Crippen LogP contribution is 2.28. The van der Waals surface area contributed by atoms with Crippen molar-refractivity contribution in [2.24, 2.45) is 0 Å². The van der Waals surface area contributed by atoms with Crippen LogP contribution in [-0.2, 0) is 18.7 Å². The van der Waals surface area contributed by atoms with E-state index < -0.39 is 17.2 Å². The first kappa shape index (κ1) is 22.8. The second-order valence-corrected chi connectivity index (χ2v) is 8.79. The number of thiophene rings is 1. The molecule has 0 saturated heterocycles. The van der Waals surface area contributed by atoms with E-state index >= 15 is 0 Å². The number of hydrogen-bond donors (Lipinski definition) is 1. The molecule has 0 spiro atoms. The minimum atomic E-state index is -1.65. The van der Waals surface area contributed by atoms with E-state index in [1.165, 1.54) is 23.4 Å². The van der Waals surface area contributed by atoms with Gasteiger partial charge in [0.25, 0.3) is 0 Å². The number of aromatic nitrogens is 3. The molecule has 0 fully saturated rings. The van der Waals surface area contributed by atoms with E-state index in [0.29, 0.717) is 6.54 Å². The summed E-state index contributed by atoms with van der Waals surface area (Å²) in [6.45, 7) is 0.577. The highest BCUT2D eigenvalue weighted by Gasteiger charge is 2.34. The van der Waals surface area contributed by atoms with Crippen molar-refractivity contribution in [3.63, 3.8) is 0 Å². The molecule has 0 radical (unpaired) electrons. The van der Waals surface area contributed by atoms with Gasteiger partial charge < -0.3 is 5.11 Å². The highest BCUT2D eigenvalue weighted by atomic mass is 32.1. The lowest BCUT2D eigenvalue weighted by Gasteiger charge is -2.33. The summed E-state index contributed by atoms with van der Waals surface area (Å²) >= 11 is 1.60. The third-order valence-corrected chi connectivity index (χ3v) is 5.90. The molecule has 0 amide bonds. The fraction of sp³-hybridized carbons (Fsp3) is 0.200. The summed E-state index contributed by atoms with van der Waals surface area (Å²) in [7, 11) is 1.83. The molecule has 1 N–H and O–H groups in total. The van der Waals surface area contributed by atoms with Crippen molar-refractivity contribution in [2.75, 3.05) is 13.6 Å². The normalized spacial score (nSPS) is 12.9. The number of benzene rings is 2. The summed E-state index contributed by atoms with van der Waals surface area (Å²) in [5, 5.41) is 17.5. The van der Waals surface area contributed by atoms with Gasteiger partial charge in [0.05, 0.1) is 11.4 Å². The summed E-state index contributed by atoms with van der Waals surface area (Å²) in [5.74, 6) is 4.77. The summed E-state index contributed by atoms with van der Waals surface area (Å²) in [5.41, 5.74) is 0.282. The summed E-state index contributed by atoms with van der Waals surface area (Å²) in [4.78, 5) is 6.78. The predicted octanol–water partition coefficient (Wildman–Crippen LogP) is 4.04. The lowest BCUT2D eigenvalue weighted by Crippen LogP contribution is -2.43. The van der Waals surface area contributed by atoms with E-state index in [2.05, 4.69) is 21.9 Å². The van der Waals surface area contributed by atoms with Crippen molar-refractivity contribution in [3.05, 3.63) is 106 Å². The Balaban J connectivity index is 1.49. The fourth-order valence-corrected chi connectivity index (χ4v) is 4.23. The van der Waals surface area contributed by atoms with Crippen LogP contribution >= 0.6 is 11.3 Å². The molecule has 0 saturated carbocycles. The van der Waals surface area contributed by atoms with Gasteiger partial charge in [-0.1, -0.05) is 36.1 Å². The first-order valence-electron chi connectivity index (χ1n) is 10.2. The molecule has 2 aromatic carbocycles. The largest absolute Gasteiger partial charge is 0.382 e. The summed E-state index contributed by atoms with van der Waals surface area (Å²) < 4.78 is 29.5. The molecule has 8 heteroatoms. The van der Waals surface area contributed by atoms with Crippen LogP contribution in [0.25, 0.3) is 0 Å². The molecule has 0 aliphatic carbocycles. The van der Waals surface area contributed by atoms with Crippen molar-refractivity contribution in [2.45, 2.75) is 18.7 Å². The van der Waals surface area contributed by atoms with Gasteiger partial charge >= 0.3 is 0 Å². The van der Waals surface area contributed by atoms with Gasteiger partial charge in [0.2, 0.25) is 0 Å². The average Bonchev–Trinajstić information content (AvgIpc) is 3.47. The van der Waals surface area contributed by atoms with Crippen molar-refractivity contribution in [1.82, 2.24) is 19.7 Å². The Kier molecular flexibility index (Phi) is 6.94. The third kappa shape index (κ3) is 5.90. The first-order chi connectivity index (χ1) is 15.9. The van der Waals surface area contributed by atoms with E-state index in [1.54, 1.807) is 11.3 Å². The van der Waals surface area contributed by atoms with Crippen molar-refractivity contribution < 1.29 is 13.9 Å². The van der Waals surface area contributed by atoms with Crippen LogP contribution in [-0.4, -0.2) is 38.4 Å². The van der Waals surface area contributed by atoms with Gasteiger partial charge in [-0.2, -0.15) is 5.10 Å². The standard InChI is InChI=1S/C25H22F2N4OS/c1-30(14-20-6-4-19(5-7-20)8-10-22-3-2-12-33-22)15-25(32,16-31-18-28-17-29-31)23-11-9-21(26)13-24(23)27/h2-7,9,11-13,17-18,32H,14-16H2,1H3. The maximum Gasteiger partial charge on any atom is 0.137 e. The smallest absolute Gasteiger partial charge is 0.137 e. The minimum Gasteiger partial charge on any atom is -0.382 e. The monoisotopic (exact) mass is 464 g/mol. The van der Waals surface area contributed by atoms with Crippen molar-refractivity contribution in [1.29, 1.82) is 0 Å². The maximum atomic E-state index is 14.6. The number of rotatable bonds is 7. The maximum absolute atomic E-state index is 14.6. The quantitative estimate of drug-likeness (QED) is 0.420. The van der Waals surface area contributed by atoms with Crippen LogP contribution in [0.15, 0.2) is 72.6 Å². The van der Waals surface area contributed by atoms with Gasteiger partial charge in [-0.25, -0.2) is 18.4 Å². The van der Waals surface area contributed by atoms with Crippen LogP contribution in [0.2, 0.25) is 0 Å². The molecule has 0 aliphatic heterocycles. The van der Waals surface area contributed by atoms with Gasteiger partial charge in [-0.15, -0.1) is 11.3 Å². The second-order valence-electron chi connectivity index (χ2n) is 7.85. The van der Waals surface area contributed by atoms with Crippen LogP contribution in [0.1, 0.15) is 21.6 Å². The Hall–Kier alpha value is -3.38. The SMILES string of the molecule is CN(Cc1ccc(C#Cc2cccs2)cc1)CC(O)(Cn1cncn1)c1ccc(F)cc1F. The summed E-state index contributed by atoms with van der Waals surface area (Å²) in [6, 6.07) is 15.0. The van der Waals surface area contributed by atoms with Crippen molar-refractivity contribution >= 4 is 11.3 Å². The van der Waals surface area contributed by atoms with E-state index in [1.807, 2.05) is 53.7 Å². The van der Waals surface area contributed by atoms with Crippen LogP contribution in [0.5, 0.6) is 0 Å². The average molecular weight is 465 g/mol. The van der Waals surface area contributed by atoms with Gasteiger partial charge in [0, 0.05) is 30.3 Å². The van der Waals surface area contributed by atoms with E-state index in [9.17, 15) is 13.9 Å². The predicted molar refractivity (Wildman–Crippen MR) is 123 cm³/mol. The minimum absolute atomic E-state index is 0.00505. The molecule has 2 aromatic heterocycles. The number of nitrogens with zero attached hydrogens (tertiary/aromatic N) is 4. The molecule has 5 nitrogen and oxygen atoms in total. The molecule has 0 bridgehead atoms. The first-order valence-corrected chi connectivity index (χ1v) is 11.1. The molecule has 2 heterocycles. The van der Waals surface area contributed by atoms with Crippen LogP contribution in [0.3, 0.4) is 0 Å². The lowest BCUT2D eigenvalue weighted by molar-refractivity contribution is -0.0175. The molecule has 33 heavy (non-hydrogen) atoms. The Labute approximate surface area is 195 Å². The van der Waals surface area contributed by atoms with E-state index in [0.717, 1.165) is 28.1 Å². The zero-order valence-corrected chi connectivity index (χ0v) is 18.8. The van der Waals surface area contributed by atoms with Crippen LogP contribution in [0, 0.1) is 23.5 Å². The topological polar surface area (TPSA) is 54.2 Å². The molecule has 4 rings (SSSR count). The Bertz CT molecular complexity index is 1250. The third-order valence-electron chi connectivity index (χ3n) is 5.11. The molecule has 1 atom stereocenters. The number of aliphatic hydroxyl groups is 1. The lowest BCUT2D eigenvalue weighted by atomic mass is 9.92. The number of likely N-dealkylation sites (N-methyl/N-ethyl adjacent to an activating group) is 1. The zero-order chi connectivity index (χ0) is 23.3. The zero-order valence-electron chi connectivity index (χ0n) is 17.9. The van der Waals surface area contributed by atoms with Gasteiger partial charge in [0.1, 0.15) is 29.9 Å². The van der Waals surface area contributed by atoms with Gasteiger partial charge in [-0.05, 0) is 42.3 Å². The van der Waals surface area contributed by atoms with E-state index in [-0.39, 0.29) is 18.7 Å². The number of hydrogen-bond acceptors (Lipinski definition) is 5. The van der Waals surface area contributed by atoms with Gasteiger partial charge in [0.15, 0.2) is 0 Å². The van der Waals surface area contributed by atoms with E-state index in [4.69, 9.17) is 0 Å². The number of halogens is 2. The Morgan fingerprint density at radius 3 is 2.61 bits per heavy atom. The molecular weight excluding hydrogens is 442 g/mol. The Morgan fingerprint density at radius 2 is 1.94 bits per heavy atom. The summed E-state index contributed by atoms with van der Waals surface area (Å²) in [6.07, 6.45) is 2.79. The van der Waals surface area contributed by atoms with Crippen LogP contribution in [0.4, 0.5) is 8.78 Å². The van der Waals surface area contributed by atoms with Crippen LogP contribution < -0.4 is 0 Å². The Morgan fingerprint density at radius 1 is 1.12 bits per heavy atom. The molecule has 168 valence electrons. The van der Waals surface area contributed by atoms with Crippen molar-refractivity contribution in [3.8, 4) is 11.8 Å². The highest BCUT2D eigenvalue weighted by molar-refractivity contribution is 7.10.